The number of amides is 1. The first-order valence-corrected chi connectivity index (χ1v) is 9.91. The zero-order chi connectivity index (χ0) is 21.2. The first-order valence-electron chi connectivity index (χ1n) is 8.47. The molecule has 10 nitrogen and oxygen atoms in total. The van der Waals surface area contributed by atoms with E-state index >= 15 is 0 Å². The highest BCUT2D eigenvalue weighted by molar-refractivity contribution is 7.88. The third-order valence-electron chi connectivity index (χ3n) is 4.42. The molecule has 2 aromatic carbocycles. The number of nitro groups is 1. The second-order valence-electron chi connectivity index (χ2n) is 6.39. The largest absolute Gasteiger partial charge is 0.457 e. The Morgan fingerprint density at radius 2 is 1.93 bits per heavy atom. The van der Waals surface area contributed by atoms with Gasteiger partial charge in [-0.25, -0.2) is 9.52 Å². The van der Waals surface area contributed by atoms with Gasteiger partial charge in [0.2, 0.25) is 5.91 Å². The highest BCUT2D eigenvalue weighted by Crippen LogP contribution is 2.22. The van der Waals surface area contributed by atoms with Crippen LogP contribution in [0.2, 0.25) is 0 Å². The molecule has 0 radical (unpaired) electrons. The summed E-state index contributed by atoms with van der Waals surface area (Å²) in [7, 11) is -3.82. The number of nitrogens with zero attached hydrogens (tertiary/aromatic N) is 2. The van der Waals surface area contributed by atoms with Crippen LogP contribution < -0.4 is 4.72 Å². The molecule has 1 saturated heterocycles. The molecule has 29 heavy (non-hydrogen) atoms. The molecular weight excluding hydrogens is 402 g/mol. The van der Waals surface area contributed by atoms with Gasteiger partial charge in [-0.3, -0.25) is 14.9 Å². The lowest BCUT2D eigenvalue weighted by Gasteiger charge is -2.12. The number of hydrogen-bond donors (Lipinski definition) is 1. The van der Waals surface area contributed by atoms with Gasteiger partial charge >= 0.3 is 16.2 Å². The van der Waals surface area contributed by atoms with Gasteiger partial charge in [0.25, 0.3) is 5.69 Å². The zero-order valence-corrected chi connectivity index (χ0v) is 16.1. The Balaban J connectivity index is 1.63. The second-order valence-corrected chi connectivity index (χ2v) is 8.06. The Kier molecular flexibility index (Phi) is 5.62. The molecule has 152 valence electrons. The number of nitro benzene ring substituents is 1. The van der Waals surface area contributed by atoms with Crippen LogP contribution in [0.1, 0.15) is 27.0 Å². The number of benzene rings is 2. The summed E-state index contributed by atoms with van der Waals surface area (Å²) in [5.74, 6) is -1.21. The quantitative estimate of drug-likeness (QED) is 0.425. The summed E-state index contributed by atoms with van der Waals surface area (Å²) in [6.45, 7) is 1.20. The molecule has 0 aliphatic carbocycles. The van der Waals surface area contributed by atoms with E-state index in [0.717, 1.165) is 4.31 Å². The second kappa shape index (κ2) is 7.97. The van der Waals surface area contributed by atoms with Crippen LogP contribution in [-0.4, -0.2) is 36.1 Å². The molecule has 1 aliphatic heterocycles. The fraction of sp³-hybridized carbons (Fsp3) is 0.222. The van der Waals surface area contributed by atoms with Crippen molar-refractivity contribution < 1.29 is 27.7 Å². The van der Waals surface area contributed by atoms with E-state index in [1.54, 1.807) is 25.1 Å². The normalized spacial score (nSPS) is 15.7. The maximum atomic E-state index is 12.2. The molecule has 1 N–H and O–H groups in total. The maximum Gasteiger partial charge on any atom is 0.338 e. The van der Waals surface area contributed by atoms with Crippen molar-refractivity contribution in [2.24, 2.45) is 0 Å². The van der Waals surface area contributed by atoms with Crippen molar-refractivity contribution in [3.63, 3.8) is 0 Å². The molecule has 0 unspecified atom stereocenters. The number of nitrogens with one attached hydrogen (secondary N) is 1. The minimum absolute atomic E-state index is 0.0106. The average Bonchev–Trinajstić information content (AvgIpc) is 2.92. The van der Waals surface area contributed by atoms with E-state index in [4.69, 9.17) is 4.74 Å². The lowest BCUT2D eigenvalue weighted by molar-refractivity contribution is -0.385. The first kappa shape index (κ1) is 20.4. The summed E-state index contributed by atoms with van der Waals surface area (Å²) in [6, 6.07) is 10.6. The maximum absolute atomic E-state index is 12.2. The van der Waals surface area contributed by atoms with E-state index < -0.39 is 27.0 Å². The average molecular weight is 419 g/mol. The minimum atomic E-state index is -3.82. The van der Waals surface area contributed by atoms with Gasteiger partial charge in [-0.2, -0.15) is 12.7 Å². The van der Waals surface area contributed by atoms with Crippen LogP contribution in [0.3, 0.4) is 0 Å². The standard InChI is InChI=1S/C18H17N3O7S/c1-12-15(3-2-4-16(12)21(24)25)11-28-18(23)14-7-5-13(6-8-14)9-20-10-17(22)19-29(20,26)27/h2-8H,9-11H2,1H3,(H,19,22). The third kappa shape index (κ3) is 4.58. The van der Waals surface area contributed by atoms with Crippen LogP contribution in [-0.2, 0) is 32.9 Å². The van der Waals surface area contributed by atoms with Crippen LogP contribution in [0.4, 0.5) is 5.69 Å². The monoisotopic (exact) mass is 419 g/mol. The van der Waals surface area contributed by atoms with Gasteiger partial charge in [-0.1, -0.05) is 24.3 Å². The van der Waals surface area contributed by atoms with Gasteiger partial charge < -0.3 is 4.74 Å². The first-order chi connectivity index (χ1) is 13.7. The van der Waals surface area contributed by atoms with Gasteiger partial charge in [0.05, 0.1) is 17.0 Å². The fourth-order valence-corrected chi connectivity index (χ4v) is 3.91. The molecule has 1 amide bonds. The summed E-state index contributed by atoms with van der Waals surface area (Å²) in [6.07, 6.45) is 0. The van der Waals surface area contributed by atoms with E-state index in [0.29, 0.717) is 16.7 Å². The van der Waals surface area contributed by atoms with E-state index in [9.17, 15) is 28.1 Å². The van der Waals surface area contributed by atoms with Gasteiger partial charge in [0.1, 0.15) is 6.61 Å². The fourth-order valence-electron chi connectivity index (χ4n) is 2.83. The van der Waals surface area contributed by atoms with Crippen LogP contribution in [0.15, 0.2) is 42.5 Å². The molecular formula is C18H17N3O7S. The van der Waals surface area contributed by atoms with Crippen molar-refractivity contribution in [2.45, 2.75) is 20.1 Å². The molecule has 3 rings (SSSR count). The summed E-state index contributed by atoms with van der Waals surface area (Å²) in [5.41, 5.74) is 1.75. The Morgan fingerprint density at radius 3 is 2.52 bits per heavy atom. The summed E-state index contributed by atoms with van der Waals surface area (Å²) >= 11 is 0. The minimum Gasteiger partial charge on any atom is -0.457 e. The molecule has 1 aliphatic rings. The van der Waals surface area contributed by atoms with Crippen LogP contribution in [0.5, 0.6) is 0 Å². The van der Waals surface area contributed by atoms with Crippen molar-refractivity contribution in [1.29, 1.82) is 0 Å². The summed E-state index contributed by atoms with van der Waals surface area (Å²) in [5, 5.41) is 11.0. The van der Waals surface area contributed by atoms with Gasteiger partial charge in [-0.15, -0.1) is 0 Å². The number of carbonyl (C=O) groups excluding carboxylic acids is 2. The van der Waals surface area contributed by atoms with E-state index in [1.807, 2.05) is 4.72 Å². The Morgan fingerprint density at radius 1 is 1.24 bits per heavy atom. The molecule has 2 aromatic rings. The highest BCUT2D eigenvalue weighted by atomic mass is 32.2. The number of hydrogen-bond acceptors (Lipinski definition) is 7. The SMILES string of the molecule is Cc1c(COC(=O)c2ccc(CN3CC(=O)NS3(=O)=O)cc2)cccc1[N+](=O)[O-]. The van der Waals surface area contributed by atoms with Crippen molar-refractivity contribution >= 4 is 27.8 Å². The zero-order valence-electron chi connectivity index (χ0n) is 15.3. The van der Waals surface area contributed by atoms with Gasteiger partial charge in [0, 0.05) is 18.2 Å². The molecule has 11 heteroatoms. The number of carbonyl (C=O) groups is 2. The number of rotatable bonds is 6. The van der Waals surface area contributed by atoms with Crippen LogP contribution >= 0.6 is 0 Å². The Bertz CT molecular complexity index is 1080. The van der Waals surface area contributed by atoms with E-state index in [2.05, 4.69) is 0 Å². The Labute approximate surface area is 166 Å². The highest BCUT2D eigenvalue weighted by Gasteiger charge is 2.33. The van der Waals surface area contributed by atoms with Gasteiger partial charge in [0.15, 0.2) is 0 Å². The third-order valence-corrected chi connectivity index (χ3v) is 5.85. The molecule has 0 spiro atoms. The van der Waals surface area contributed by atoms with E-state index in [1.165, 1.54) is 24.3 Å². The summed E-state index contributed by atoms with van der Waals surface area (Å²) in [4.78, 5) is 34.0. The van der Waals surface area contributed by atoms with Crippen molar-refractivity contribution in [1.82, 2.24) is 9.03 Å². The molecule has 0 bridgehead atoms. The van der Waals surface area contributed by atoms with Crippen molar-refractivity contribution in [2.75, 3.05) is 6.54 Å². The van der Waals surface area contributed by atoms with Crippen LogP contribution in [0, 0.1) is 17.0 Å². The van der Waals surface area contributed by atoms with Crippen LogP contribution in [0.25, 0.3) is 0 Å². The van der Waals surface area contributed by atoms with Gasteiger partial charge in [-0.05, 0) is 30.2 Å². The molecule has 1 fully saturated rings. The molecule has 1 heterocycles. The molecule has 0 saturated carbocycles. The number of esters is 1. The van der Waals surface area contributed by atoms with Crippen molar-refractivity contribution in [3.8, 4) is 0 Å². The number of ether oxygens (including phenoxy) is 1. The topological polar surface area (TPSA) is 136 Å². The van der Waals surface area contributed by atoms with Crippen molar-refractivity contribution in [3.05, 3.63) is 74.8 Å². The predicted octanol–water partition coefficient (Wildman–Crippen LogP) is 1.44. The lowest BCUT2D eigenvalue weighted by Crippen LogP contribution is -2.29. The molecule has 0 aromatic heterocycles. The van der Waals surface area contributed by atoms with E-state index in [-0.39, 0.29) is 30.9 Å². The molecule has 0 atom stereocenters. The predicted molar refractivity (Wildman–Crippen MR) is 101 cm³/mol. The Hall–Kier alpha value is -3.31. The summed E-state index contributed by atoms with van der Waals surface area (Å²) < 4.78 is 31.6. The smallest absolute Gasteiger partial charge is 0.338 e. The lowest BCUT2D eigenvalue weighted by atomic mass is 10.1.